The van der Waals surface area contributed by atoms with Crippen LogP contribution in [0.25, 0.3) is 0 Å². The zero-order valence-electron chi connectivity index (χ0n) is 13.1. The molecule has 122 valence electrons. The Morgan fingerprint density at radius 2 is 1.88 bits per heavy atom. The fraction of sp³-hybridized carbons (Fsp3) is 0.111. The van der Waals surface area contributed by atoms with Crippen LogP contribution in [0.1, 0.15) is 21.7 Å². The van der Waals surface area contributed by atoms with Gasteiger partial charge in [-0.1, -0.05) is 45.4 Å². The summed E-state index contributed by atoms with van der Waals surface area (Å²) in [5.41, 5.74) is 2.26. The summed E-state index contributed by atoms with van der Waals surface area (Å²) in [6.07, 6.45) is 0. The quantitative estimate of drug-likeness (QED) is 0.539. The van der Waals surface area contributed by atoms with Gasteiger partial charge in [-0.05, 0) is 56.3 Å². The zero-order valence-corrected chi connectivity index (χ0v) is 16.2. The number of hydrogen-bond donors (Lipinski definition) is 0. The molecule has 0 unspecified atom stereocenters. The fourth-order valence-electron chi connectivity index (χ4n) is 2.34. The molecule has 0 saturated heterocycles. The van der Waals surface area contributed by atoms with Gasteiger partial charge in [-0.2, -0.15) is 9.78 Å². The first-order valence-electron chi connectivity index (χ1n) is 7.25. The molecule has 0 aliphatic rings. The summed E-state index contributed by atoms with van der Waals surface area (Å²) < 4.78 is 2.33. The van der Waals surface area contributed by atoms with Crippen molar-refractivity contribution in [1.29, 1.82) is 0 Å². The van der Waals surface area contributed by atoms with E-state index in [4.69, 9.17) is 11.6 Å². The van der Waals surface area contributed by atoms with Crippen molar-refractivity contribution in [2.45, 2.75) is 23.6 Å². The number of rotatable bonds is 3. The number of carbonyl (C=O) groups excluding carboxylic acids is 1. The highest BCUT2D eigenvalue weighted by molar-refractivity contribution is 9.10. The van der Waals surface area contributed by atoms with Crippen LogP contribution in [0.3, 0.4) is 0 Å². The first-order chi connectivity index (χ1) is 11.5. The van der Waals surface area contributed by atoms with Gasteiger partial charge in [0.25, 0.3) is 5.91 Å². The van der Waals surface area contributed by atoms with E-state index in [2.05, 4.69) is 21.0 Å². The van der Waals surface area contributed by atoms with Crippen LogP contribution in [0, 0.1) is 13.8 Å². The average Bonchev–Trinajstić information content (AvgIpc) is 2.84. The van der Waals surface area contributed by atoms with Crippen LogP contribution in [0.4, 0.5) is 0 Å². The second kappa shape index (κ2) is 7.13. The first kappa shape index (κ1) is 17.3. The minimum Gasteiger partial charge on any atom is -0.267 e. The summed E-state index contributed by atoms with van der Waals surface area (Å²) in [6.45, 7) is 3.82. The van der Waals surface area contributed by atoms with E-state index in [9.17, 15) is 4.79 Å². The standard InChI is InChI=1S/C18H14BrClN2OS/c1-11-17(24-16-8-6-15(20)7-9-16)12(2)22(21-11)18(23)13-4-3-5-14(19)10-13/h3-10H,1-2H3. The zero-order chi connectivity index (χ0) is 17.3. The van der Waals surface area contributed by atoms with Crippen LogP contribution < -0.4 is 0 Å². The van der Waals surface area contributed by atoms with Crippen molar-refractivity contribution in [1.82, 2.24) is 9.78 Å². The summed E-state index contributed by atoms with van der Waals surface area (Å²) in [5, 5.41) is 5.14. The molecule has 0 aliphatic carbocycles. The molecule has 3 rings (SSSR count). The fourth-order valence-corrected chi connectivity index (χ4v) is 3.79. The molecule has 0 atom stereocenters. The molecule has 3 aromatic rings. The molecular weight excluding hydrogens is 408 g/mol. The summed E-state index contributed by atoms with van der Waals surface area (Å²) >= 11 is 10.9. The number of halogens is 2. The Morgan fingerprint density at radius 3 is 2.54 bits per heavy atom. The maximum atomic E-state index is 12.7. The largest absolute Gasteiger partial charge is 0.278 e. The van der Waals surface area contributed by atoms with E-state index in [1.165, 1.54) is 4.68 Å². The minimum absolute atomic E-state index is 0.139. The Balaban J connectivity index is 1.94. The lowest BCUT2D eigenvalue weighted by Crippen LogP contribution is -2.15. The Kier molecular flexibility index (Phi) is 5.13. The second-order valence-electron chi connectivity index (χ2n) is 5.28. The molecule has 0 saturated carbocycles. The van der Waals surface area contributed by atoms with Crippen molar-refractivity contribution in [3.8, 4) is 0 Å². The molecule has 6 heteroatoms. The molecule has 0 aliphatic heterocycles. The third-order valence-electron chi connectivity index (χ3n) is 3.52. The Labute approximate surface area is 158 Å². The van der Waals surface area contributed by atoms with E-state index in [0.29, 0.717) is 10.6 Å². The van der Waals surface area contributed by atoms with Crippen LogP contribution in [-0.4, -0.2) is 15.7 Å². The van der Waals surface area contributed by atoms with Gasteiger partial charge in [-0.3, -0.25) is 4.79 Å². The monoisotopic (exact) mass is 420 g/mol. The summed E-state index contributed by atoms with van der Waals surface area (Å²) in [4.78, 5) is 14.8. The van der Waals surface area contributed by atoms with E-state index >= 15 is 0 Å². The van der Waals surface area contributed by atoms with Crippen molar-refractivity contribution in [2.24, 2.45) is 0 Å². The lowest BCUT2D eigenvalue weighted by Gasteiger charge is -2.05. The van der Waals surface area contributed by atoms with Crippen molar-refractivity contribution >= 4 is 45.2 Å². The highest BCUT2D eigenvalue weighted by atomic mass is 79.9. The third kappa shape index (κ3) is 3.58. The number of carbonyl (C=O) groups is 1. The predicted octanol–water partition coefficient (Wildman–Crippen LogP) is 5.76. The van der Waals surface area contributed by atoms with Gasteiger partial charge in [-0.15, -0.1) is 0 Å². The molecule has 0 amide bonds. The normalized spacial score (nSPS) is 10.8. The maximum absolute atomic E-state index is 12.7. The Morgan fingerprint density at radius 1 is 1.17 bits per heavy atom. The van der Waals surface area contributed by atoms with Gasteiger partial charge in [-0.25, -0.2) is 0 Å². The number of aromatic nitrogens is 2. The molecule has 3 nitrogen and oxygen atoms in total. The minimum atomic E-state index is -0.139. The van der Waals surface area contributed by atoms with E-state index in [-0.39, 0.29) is 5.91 Å². The molecule has 0 N–H and O–H groups in total. The highest BCUT2D eigenvalue weighted by Crippen LogP contribution is 2.33. The van der Waals surface area contributed by atoms with Crippen LogP contribution in [0.5, 0.6) is 0 Å². The van der Waals surface area contributed by atoms with Crippen LogP contribution in [0.15, 0.2) is 62.8 Å². The van der Waals surface area contributed by atoms with Gasteiger partial charge in [0.1, 0.15) is 0 Å². The molecular formula is C18H14BrClN2OS. The van der Waals surface area contributed by atoms with Gasteiger partial charge in [0.15, 0.2) is 0 Å². The maximum Gasteiger partial charge on any atom is 0.278 e. The van der Waals surface area contributed by atoms with Gasteiger partial charge >= 0.3 is 0 Å². The number of hydrogen-bond acceptors (Lipinski definition) is 3. The smallest absolute Gasteiger partial charge is 0.267 e. The number of benzene rings is 2. The Hall–Kier alpha value is -1.56. The SMILES string of the molecule is Cc1nn(C(=O)c2cccc(Br)c2)c(C)c1Sc1ccc(Cl)cc1. The van der Waals surface area contributed by atoms with Crippen molar-refractivity contribution < 1.29 is 4.79 Å². The number of aryl methyl sites for hydroxylation is 1. The summed E-state index contributed by atoms with van der Waals surface area (Å²) in [6, 6.07) is 14.9. The summed E-state index contributed by atoms with van der Waals surface area (Å²) in [7, 11) is 0. The topological polar surface area (TPSA) is 34.9 Å². The van der Waals surface area contributed by atoms with Gasteiger partial charge < -0.3 is 0 Å². The lowest BCUT2D eigenvalue weighted by atomic mass is 10.2. The van der Waals surface area contributed by atoms with E-state index in [1.807, 2.05) is 50.2 Å². The van der Waals surface area contributed by atoms with Gasteiger partial charge in [0.05, 0.1) is 16.3 Å². The molecule has 1 aromatic heterocycles. The van der Waals surface area contributed by atoms with Gasteiger partial charge in [0.2, 0.25) is 0 Å². The lowest BCUT2D eigenvalue weighted by molar-refractivity contribution is 0.0942. The molecule has 1 heterocycles. The average molecular weight is 422 g/mol. The van der Waals surface area contributed by atoms with Crippen molar-refractivity contribution in [3.05, 3.63) is 75.0 Å². The molecule has 0 fully saturated rings. The highest BCUT2D eigenvalue weighted by Gasteiger charge is 2.19. The number of nitrogens with zero attached hydrogens (tertiary/aromatic N) is 2. The molecule has 0 bridgehead atoms. The second-order valence-corrected chi connectivity index (χ2v) is 7.72. The van der Waals surface area contributed by atoms with E-state index < -0.39 is 0 Å². The molecule has 0 radical (unpaired) electrons. The summed E-state index contributed by atoms with van der Waals surface area (Å²) in [5.74, 6) is -0.139. The molecule has 24 heavy (non-hydrogen) atoms. The van der Waals surface area contributed by atoms with Crippen molar-refractivity contribution in [3.63, 3.8) is 0 Å². The Bertz CT molecular complexity index is 906. The van der Waals surface area contributed by atoms with Gasteiger partial charge in [0, 0.05) is 20.0 Å². The van der Waals surface area contributed by atoms with Crippen LogP contribution >= 0.6 is 39.3 Å². The van der Waals surface area contributed by atoms with Crippen molar-refractivity contribution in [2.75, 3.05) is 0 Å². The first-order valence-corrected chi connectivity index (χ1v) is 9.24. The third-order valence-corrected chi connectivity index (χ3v) is 5.57. The van der Waals surface area contributed by atoms with E-state index in [1.54, 1.807) is 23.9 Å². The van der Waals surface area contributed by atoms with E-state index in [0.717, 1.165) is 25.7 Å². The molecule has 0 spiro atoms. The van der Waals surface area contributed by atoms with Crippen LogP contribution in [-0.2, 0) is 0 Å². The molecule has 2 aromatic carbocycles. The van der Waals surface area contributed by atoms with Crippen LogP contribution in [0.2, 0.25) is 5.02 Å². The predicted molar refractivity (Wildman–Crippen MR) is 101 cm³/mol.